The number of halogens is 4. The van der Waals surface area contributed by atoms with E-state index in [1.165, 1.54) is 0 Å². The highest BCUT2D eigenvalue weighted by molar-refractivity contribution is 6.31. The molecule has 0 spiro atoms. The summed E-state index contributed by atoms with van der Waals surface area (Å²) >= 11 is 5.59. The Morgan fingerprint density at radius 2 is 2.19 bits per heavy atom. The fourth-order valence-electron chi connectivity index (χ4n) is 3.02. The number of rotatable bonds is 2. The van der Waals surface area contributed by atoms with E-state index < -0.39 is 22.7 Å². The van der Waals surface area contributed by atoms with E-state index in [1.54, 1.807) is 0 Å². The van der Waals surface area contributed by atoms with Crippen LogP contribution in [0.1, 0.15) is 28.9 Å². The predicted molar refractivity (Wildman–Crippen MR) is 70.0 cm³/mol. The fourth-order valence-corrected chi connectivity index (χ4v) is 3.28. The Balaban J connectivity index is 1.72. The Hall–Kier alpha value is -1.34. The Morgan fingerprint density at radius 1 is 1.43 bits per heavy atom. The number of hydrogen-bond donors (Lipinski definition) is 2. The smallest absolute Gasteiger partial charge is 0.346 e. The van der Waals surface area contributed by atoms with E-state index in [1.807, 2.05) is 0 Å². The van der Waals surface area contributed by atoms with Gasteiger partial charge < -0.3 is 10.6 Å². The molecule has 3 rings (SSSR count). The van der Waals surface area contributed by atoms with E-state index in [-0.39, 0.29) is 17.8 Å². The van der Waals surface area contributed by atoms with Gasteiger partial charge in [0.05, 0.1) is 10.6 Å². The van der Waals surface area contributed by atoms with Crippen LogP contribution in [0, 0.1) is 5.92 Å². The number of pyridine rings is 1. The zero-order valence-corrected chi connectivity index (χ0v) is 11.6. The number of nitrogens with zero attached hydrogens (tertiary/aromatic N) is 1. The molecule has 2 bridgehead atoms. The van der Waals surface area contributed by atoms with Crippen molar-refractivity contribution in [1.29, 1.82) is 0 Å². The number of hydrogen-bond acceptors (Lipinski definition) is 3. The Kier molecular flexibility index (Phi) is 3.57. The van der Waals surface area contributed by atoms with Crippen LogP contribution in [0.15, 0.2) is 12.3 Å². The van der Waals surface area contributed by atoms with Gasteiger partial charge in [-0.3, -0.25) is 9.78 Å². The third-order valence-electron chi connectivity index (χ3n) is 4.04. The second kappa shape index (κ2) is 5.14. The summed E-state index contributed by atoms with van der Waals surface area (Å²) in [5.41, 5.74) is -1.14. The van der Waals surface area contributed by atoms with Gasteiger partial charge >= 0.3 is 6.18 Å². The molecule has 114 valence electrons. The molecule has 0 aromatic carbocycles. The van der Waals surface area contributed by atoms with Crippen LogP contribution in [0.25, 0.3) is 0 Å². The number of amides is 1. The number of carbonyl (C=O) groups excluding carboxylic acids is 1. The second-order valence-electron chi connectivity index (χ2n) is 5.48. The first-order valence-electron chi connectivity index (χ1n) is 6.61. The van der Waals surface area contributed by atoms with E-state index in [0.29, 0.717) is 12.1 Å². The first-order chi connectivity index (χ1) is 9.84. The lowest BCUT2D eigenvalue weighted by molar-refractivity contribution is -0.137. The van der Waals surface area contributed by atoms with Gasteiger partial charge in [0, 0.05) is 18.3 Å². The molecule has 1 saturated carbocycles. The van der Waals surface area contributed by atoms with Crippen molar-refractivity contribution in [1.82, 2.24) is 15.6 Å². The summed E-state index contributed by atoms with van der Waals surface area (Å²) in [6.45, 7) is 0.960. The van der Waals surface area contributed by atoms with Crippen LogP contribution < -0.4 is 10.6 Å². The maximum Gasteiger partial charge on any atom is 0.419 e. The lowest BCUT2D eigenvalue weighted by Gasteiger charge is -2.23. The van der Waals surface area contributed by atoms with Crippen LogP contribution >= 0.6 is 11.6 Å². The molecular formula is C13H13ClF3N3O. The maximum atomic E-state index is 12.6. The SMILES string of the molecule is O=C(NC1CC2CNC1C2)c1cc(Cl)c(C(F)(F)F)cn1. The van der Waals surface area contributed by atoms with Gasteiger partial charge in [0.15, 0.2) is 0 Å². The van der Waals surface area contributed by atoms with Gasteiger partial charge in [-0.2, -0.15) is 13.2 Å². The van der Waals surface area contributed by atoms with E-state index in [2.05, 4.69) is 15.6 Å². The van der Waals surface area contributed by atoms with Crippen LogP contribution in [-0.4, -0.2) is 29.5 Å². The molecule has 4 nitrogen and oxygen atoms in total. The summed E-state index contributed by atoms with van der Waals surface area (Å²) < 4.78 is 37.7. The van der Waals surface area contributed by atoms with Crippen LogP contribution in [-0.2, 0) is 6.18 Å². The zero-order chi connectivity index (χ0) is 15.2. The number of alkyl halides is 3. The molecule has 1 amide bonds. The summed E-state index contributed by atoms with van der Waals surface area (Å²) in [6, 6.07) is 1.20. The van der Waals surface area contributed by atoms with Gasteiger partial charge in [-0.15, -0.1) is 0 Å². The van der Waals surface area contributed by atoms with Gasteiger partial charge in [-0.1, -0.05) is 11.6 Å². The largest absolute Gasteiger partial charge is 0.419 e. The molecule has 8 heteroatoms. The molecule has 3 unspecified atom stereocenters. The highest BCUT2D eigenvalue weighted by Gasteiger charge is 2.40. The standard InChI is InChI=1S/C13H13ClF3N3O/c14-8-3-11(19-5-7(8)13(15,16)17)12(21)20-10-2-6-1-9(10)18-4-6/h3,5-6,9-10,18H,1-2,4H2,(H,20,21). The second-order valence-corrected chi connectivity index (χ2v) is 5.89. The molecule has 3 atom stereocenters. The normalized spacial score (nSPS) is 27.9. The molecule has 2 aliphatic rings. The highest BCUT2D eigenvalue weighted by atomic mass is 35.5. The lowest BCUT2D eigenvalue weighted by atomic mass is 10.1. The first-order valence-corrected chi connectivity index (χ1v) is 6.99. The monoisotopic (exact) mass is 319 g/mol. The van der Waals surface area contributed by atoms with Crippen molar-refractivity contribution < 1.29 is 18.0 Å². The van der Waals surface area contributed by atoms with Crippen molar-refractivity contribution in [3.05, 3.63) is 28.5 Å². The van der Waals surface area contributed by atoms with Crippen LogP contribution in [0.3, 0.4) is 0 Å². The minimum absolute atomic E-state index is 0.000817. The van der Waals surface area contributed by atoms with Crippen molar-refractivity contribution in [2.24, 2.45) is 5.92 Å². The van der Waals surface area contributed by atoms with Crippen LogP contribution in [0.4, 0.5) is 13.2 Å². The average molecular weight is 320 g/mol. The Morgan fingerprint density at radius 3 is 2.71 bits per heavy atom. The molecule has 21 heavy (non-hydrogen) atoms. The van der Waals surface area contributed by atoms with Crippen LogP contribution in [0.2, 0.25) is 5.02 Å². The third-order valence-corrected chi connectivity index (χ3v) is 4.35. The molecule has 1 aromatic heterocycles. The van der Waals surface area contributed by atoms with Gasteiger partial charge in [-0.25, -0.2) is 0 Å². The summed E-state index contributed by atoms with van der Waals surface area (Å²) in [7, 11) is 0. The molecular weight excluding hydrogens is 307 g/mol. The molecule has 1 aromatic rings. The molecule has 2 heterocycles. The fraction of sp³-hybridized carbons (Fsp3) is 0.538. The Bertz CT molecular complexity index is 578. The first kappa shape index (κ1) is 14.6. The number of nitrogens with one attached hydrogen (secondary N) is 2. The van der Waals surface area contributed by atoms with E-state index in [0.717, 1.165) is 25.5 Å². The summed E-state index contributed by atoms with van der Waals surface area (Å²) in [5.74, 6) is 0.0643. The molecule has 0 radical (unpaired) electrons. The highest BCUT2D eigenvalue weighted by Crippen LogP contribution is 2.34. The van der Waals surface area contributed by atoms with Gasteiger partial charge in [-0.05, 0) is 31.4 Å². The number of aromatic nitrogens is 1. The molecule has 2 N–H and O–H groups in total. The number of piperidine rings is 1. The van der Waals surface area contributed by atoms with Crippen molar-refractivity contribution in [3.8, 4) is 0 Å². The van der Waals surface area contributed by atoms with E-state index in [9.17, 15) is 18.0 Å². The predicted octanol–water partition coefficient (Wildman–Crippen LogP) is 2.23. The van der Waals surface area contributed by atoms with Crippen molar-refractivity contribution in [2.45, 2.75) is 31.1 Å². The summed E-state index contributed by atoms with van der Waals surface area (Å²) in [6.07, 6.45) is -2.08. The molecule has 1 aliphatic heterocycles. The quantitative estimate of drug-likeness (QED) is 0.879. The van der Waals surface area contributed by atoms with Gasteiger partial charge in [0.25, 0.3) is 5.91 Å². The van der Waals surface area contributed by atoms with E-state index in [4.69, 9.17) is 11.6 Å². The van der Waals surface area contributed by atoms with Crippen molar-refractivity contribution >= 4 is 17.5 Å². The Labute approximate surface area is 124 Å². The van der Waals surface area contributed by atoms with Crippen molar-refractivity contribution in [2.75, 3.05) is 6.54 Å². The van der Waals surface area contributed by atoms with Crippen LogP contribution in [0.5, 0.6) is 0 Å². The third kappa shape index (κ3) is 2.85. The summed E-state index contributed by atoms with van der Waals surface area (Å²) in [5, 5.41) is 5.58. The minimum atomic E-state index is -4.58. The summed E-state index contributed by atoms with van der Waals surface area (Å²) in [4.78, 5) is 15.6. The molecule has 1 aliphatic carbocycles. The zero-order valence-electron chi connectivity index (χ0n) is 10.9. The number of carbonyl (C=O) groups is 1. The molecule has 2 fully saturated rings. The van der Waals surface area contributed by atoms with Gasteiger partial charge in [0.2, 0.25) is 0 Å². The minimum Gasteiger partial charge on any atom is -0.346 e. The number of fused-ring (bicyclic) bond motifs is 2. The van der Waals surface area contributed by atoms with E-state index >= 15 is 0 Å². The molecule has 1 saturated heterocycles. The topological polar surface area (TPSA) is 54.0 Å². The van der Waals surface area contributed by atoms with Crippen molar-refractivity contribution in [3.63, 3.8) is 0 Å². The van der Waals surface area contributed by atoms with Gasteiger partial charge in [0.1, 0.15) is 5.69 Å². The lowest BCUT2D eigenvalue weighted by Crippen LogP contribution is -2.48. The maximum absolute atomic E-state index is 12.6. The average Bonchev–Trinajstić information content (AvgIpc) is 2.99.